The second-order valence-electron chi connectivity index (χ2n) is 8.73. The number of hydrogen-bond acceptors (Lipinski definition) is 7. The highest BCUT2D eigenvalue weighted by atomic mass is 17.1. The molecule has 1 amide bonds. The SMILES string of the molecule is COC(=O)C(C)n1cc(C=c2c(C)c3c([nH]c2=O)=NN(c2ccc(COO)cc2)C3=O)c2ccccc21. The summed E-state index contributed by atoms with van der Waals surface area (Å²) in [6.07, 6.45) is 3.52. The van der Waals surface area contributed by atoms with Crippen LogP contribution in [0.4, 0.5) is 5.69 Å². The van der Waals surface area contributed by atoms with Crippen LogP contribution in [0, 0.1) is 6.92 Å². The number of benzene rings is 2. The fourth-order valence-corrected chi connectivity index (χ4v) is 4.57. The number of aromatic amines is 1. The highest BCUT2D eigenvalue weighted by molar-refractivity contribution is 6.08. The van der Waals surface area contributed by atoms with E-state index in [0.717, 1.165) is 22.0 Å². The van der Waals surface area contributed by atoms with Gasteiger partial charge in [0.25, 0.3) is 11.5 Å². The first kappa shape index (κ1) is 24.2. The molecule has 0 radical (unpaired) electrons. The third-order valence-corrected chi connectivity index (χ3v) is 6.54. The lowest BCUT2D eigenvalue weighted by molar-refractivity contribution is -0.253. The van der Waals surface area contributed by atoms with Crippen molar-refractivity contribution < 1.29 is 24.5 Å². The maximum absolute atomic E-state index is 13.3. The van der Waals surface area contributed by atoms with Gasteiger partial charge in [0, 0.05) is 27.9 Å². The third-order valence-electron chi connectivity index (χ3n) is 6.54. The molecule has 2 aromatic carbocycles. The van der Waals surface area contributed by atoms with E-state index < -0.39 is 6.04 Å². The van der Waals surface area contributed by atoms with Crippen LogP contribution < -0.4 is 21.3 Å². The van der Waals surface area contributed by atoms with Crippen LogP contribution in [0.2, 0.25) is 0 Å². The Morgan fingerprint density at radius 3 is 2.59 bits per heavy atom. The van der Waals surface area contributed by atoms with Gasteiger partial charge in [0.05, 0.1) is 18.4 Å². The van der Waals surface area contributed by atoms with Crippen molar-refractivity contribution in [2.75, 3.05) is 12.1 Å². The lowest BCUT2D eigenvalue weighted by atomic mass is 10.1. The zero-order valence-corrected chi connectivity index (χ0v) is 20.4. The van der Waals surface area contributed by atoms with Gasteiger partial charge in [-0.2, -0.15) is 5.01 Å². The number of amides is 1. The Balaban J connectivity index is 1.61. The van der Waals surface area contributed by atoms with Gasteiger partial charge in [-0.15, -0.1) is 5.10 Å². The fraction of sp³-hybridized carbons (Fsp3) is 0.185. The Hall–Kier alpha value is -4.54. The van der Waals surface area contributed by atoms with Crippen molar-refractivity contribution >= 4 is 34.5 Å². The summed E-state index contributed by atoms with van der Waals surface area (Å²) in [5.74, 6) is -0.755. The Kier molecular flexibility index (Phi) is 6.20. The van der Waals surface area contributed by atoms with Crippen LogP contribution in [0.15, 0.2) is 64.6 Å². The Morgan fingerprint density at radius 2 is 1.89 bits per heavy atom. The van der Waals surface area contributed by atoms with E-state index in [-0.39, 0.29) is 29.5 Å². The molecule has 10 nitrogen and oxygen atoms in total. The molecular formula is C27H24N4O6. The number of H-pyrrole nitrogens is 1. The lowest BCUT2D eigenvalue weighted by Crippen LogP contribution is -2.38. The quantitative estimate of drug-likeness (QED) is 0.238. The Morgan fingerprint density at radius 1 is 1.16 bits per heavy atom. The van der Waals surface area contributed by atoms with E-state index in [1.54, 1.807) is 55.0 Å². The van der Waals surface area contributed by atoms with Crippen LogP contribution in [0.3, 0.4) is 0 Å². The van der Waals surface area contributed by atoms with Gasteiger partial charge in [-0.25, -0.2) is 9.68 Å². The first-order valence-electron chi connectivity index (χ1n) is 11.5. The molecule has 1 aliphatic heterocycles. The zero-order valence-electron chi connectivity index (χ0n) is 20.4. The summed E-state index contributed by atoms with van der Waals surface area (Å²) in [5, 5.41) is 15.4. The molecule has 188 valence electrons. The van der Waals surface area contributed by atoms with Gasteiger partial charge in [-0.1, -0.05) is 30.3 Å². The number of carbonyl (C=O) groups is 2. The molecule has 37 heavy (non-hydrogen) atoms. The lowest BCUT2D eigenvalue weighted by Gasteiger charge is -2.12. The van der Waals surface area contributed by atoms with E-state index in [2.05, 4.69) is 15.0 Å². The number of para-hydroxylation sites is 1. The van der Waals surface area contributed by atoms with E-state index in [1.165, 1.54) is 12.1 Å². The maximum Gasteiger partial charge on any atom is 0.328 e. The van der Waals surface area contributed by atoms with E-state index in [4.69, 9.17) is 9.99 Å². The minimum atomic E-state index is -0.569. The number of aromatic nitrogens is 2. The van der Waals surface area contributed by atoms with Gasteiger partial charge in [0.15, 0.2) is 5.49 Å². The monoisotopic (exact) mass is 500 g/mol. The van der Waals surface area contributed by atoms with Gasteiger partial charge in [-0.3, -0.25) is 14.8 Å². The summed E-state index contributed by atoms with van der Waals surface area (Å²) in [5.41, 5.74) is 3.37. The van der Waals surface area contributed by atoms with E-state index in [1.807, 2.05) is 24.3 Å². The summed E-state index contributed by atoms with van der Waals surface area (Å²) in [4.78, 5) is 45.5. The number of ether oxygens (including phenoxy) is 1. The van der Waals surface area contributed by atoms with Crippen LogP contribution in [0.1, 0.15) is 40.0 Å². The zero-order chi connectivity index (χ0) is 26.3. The Bertz CT molecular complexity index is 1720. The Labute approximate surface area is 210 Å². The van der Waals surface area contributed by atoms with Gasteiger partial charge >= 0.3 is 5.97 Å². The van der Waals surface area contributed by atoms with Crippen LogP contribution in [0.25, 0.3) is 17.0 Å². The highest BCUT2D eigenvalue weighted by Gasteiger charge is 2.28. The molecule has 3 heterocycles. The standard InChI is InChI=1S/C27H24N4O6/c1-15-21(12-18-13-30(16(2)27(34)36-3)22-7-5-4-6-20(18)22)25(32)28-24-23(15)26(33)31(29-24)19-10-8-17(9-11-19)14-37-35/h4-13,16,35H,14H2,1-3H3,(H,28,29,32). The van der Waals surface area contributed by atoms with Crippen molar-refractivity contribution in [1.82, 2.24) is 9.55 Å². The normalized spacial score (nSPS) is 14.1. The van der Waals surface area contributed by atoms with Crippen molar-refractivity contribution in [3.8, 4) is 0 Å². The second kappa shape index (κ2) is 9.49. The number of hydrogen-bond donors (Lipinski definition) is 2. The largest absolute Gasteiger partial charge is 0.467 e. The summed E-state index contributed by atoms with van der Waals surface area (Å²) < 4.78 is 6.72. The number of methoxy groups -OCH3 is 1. The molecule has 0 saturated heterocycles. The molecule has 1 aliphatic rings. The highest BCUT2D eigenvalue weighted by Crippen LogP contribution is 2.26. The molecule has 5 rings (SSSR count). The second-order valence-corrected chi connectivity index (χ2v) is 8.73. The predicted molar refractivity (Wildman–Crippen MR) is 135 cm³/mol. The average molecular weight is 501 g/mol. The number of fused-ring (bicyclic) bond motifs is 2. The minimum Gasteiger partial charge on any atom is -0.467 e. The average Bonchev–Trinajstić information content (AvgIpc) is 3.43. The molecule has 1 unspecified atom stereocenters. The molecule has 0 spiro atoms. The first-order valence-corrected chi connectivity index (χ1v) is 11.5. The molecule has 0 saturated carbocycles. The van der Waals surface area contributed by atoms with E-state index >= 15 is 0 Å². The number of carbonyl (C=O) groups excluding carboxylic acids is 2. The molecular weight excluding hydrogens is 476 g/mol. The van der Waals surface area contributed by atoms with E-state index in [0.29, 0.717) is 22.0 Å². The maximum atomic E-state index is 13.3. The van der Waals surface area contributed by atoms with Crippen LogP contribution in [-0.2, 0) is 21.0 Å². The number of esters is 1. The smallest absolute Gasteiger partial charge is 0.328 e. The molecule has 2 N–H and O–H groups in total. The van der Waals surface area contributed by atoms with Gasteiger partial charge in [0.1, 0.15) is 12.6 Å². The number of nitrogens with one attached hydrogen (secondary N) is 1. The minimum absolute atomic E-state index is 0.0199. The topological polar surface area (TPSA) is 126 Å². The molecule has 0 fully saturated rings. The van der Waals surface area contributed by atoms with Gasteiger partial charge < -0.3 is 14.3 Å². The van der Waals surface area contributed by atoms with Crippen molar-refractivity contribution in [2.24, 2.45) is 5.10 Å². The predicted octanol–water partition coefficient (Wildman–Crippen LogP) is 2.39. The first-order chi connectivity index (χ1) is 17.8. The molecule has 10 heteroatoms. The molecule has 4 aromatic rings. The van der Waals surface area contributed by atoms with Crippen molar-refractivity contribution in [3.63, 3.8) is 0 Å². The van der Waals surface area contributed by atoms with Crippen LogP contribution in [-0.4, -0.2) is 33.8 Å². The van der Waals surface area contributed by atoms with Crippen molar-refractivity contribution in [1.29, 1.82) is 0 Å². The fourth-order valence-electron chi connectivity index (χ4n) is 4.57. The summed E-state index contributed by atoms with van der Waals surface area (Å²) in [6, 6.07) is 13.8. The summed E-state index contributed by atoms with van der Waals surface area (Å²) >= 11 is 0. The molecule has 0 aliphatic carbocycles. The molecule has 0 bridgehead atoms. The van der Waals surface area contributed by atoms with Crippen LogP contribution >= 0.6 is 0 Å². The number of pyridine rings is 1. The molecule has 1 atom stereocenters. The van der Waals surface area contributed by atoms with Crippen LogP contribution in [0.5, 0.6) is 0 Å². The summed E-state index contributed by atoms with van der Waals surface area (Å²) in [6.45, 7) is 3.48. The van der Waals surface area contributed by atoms with Crippen molar-refractivity contribution in [2.45, 2.75) is 26.5 Å². The molecule has 2 aromatic heterocycles. The van der Waals surface area contributed by atoms with Gasteiger partial charge in [0.2, 0.25) is 0 Å². The summed E-state index contributed by atoms with van der Waals surface area (Å²) in [7, 11) is 1.34. The number of nitrogens with zero attached hydrogens (tertiary/aromatic N) is 3. The van der Waals surface area contributed by atoms with E-state index in [9.17, 15) is 14.4 Å². The number of rotatable bonds is 6. The third kappa shape index (κ3) is 4.11. The number of anilines is 1. The van der Waals surface area contributed by atoms with Crippen molar-refractivity contribution in [3.05, 3.63) is 98.0 Å². The van der Waals surface area contributed by atoms with Gasteiger partial charge in [-0.05, 0) is 49.2 Å².